The van der Waals surface area contributed by atoms with Crippen molar-refractivity contribution >= 4 is 11.7 Å². The first-order chi connectivity index (χ1) is 10.1. The number of hydrogen-bond acceptors (Lipinski definition) is 4. The van der Waals surface area contributed by atoms with E-state index in [-0.39, 0.29) is 11.3 Å². The van der Waals surface area contributed by atoms with Gasteiger partial charge < -0.3 is 15.0 Å². The lowest BCUT2D eigenvalue weighted by Gasteiger charge is -2.34. The Balaban J connectivity index is 1.95. The average molecular weight is 294 g/mol. The molecule has 6 heteroatoms. The highest BCUT2D eigenvalue weighted by Gasteiger charge is 2.38. The van der Waals surface area contributed by atoms with E-state index < -0.39 is 0 Å². The molecule has 1 aromatic heterocycles. The van der Waals surface area contributed by atoms with Crippen LogP contribution in [0.1, 0.15) is 26.2 Å². The van der Waals surface area contributed by atoms with Crippen LogP contribution in [0.2, 0.25) is 0 Å². The second-order valence-corrected chi connectivity index (χ2v) is 5.97. The molecule has 1 aliphatic rings. The lowest BCUT2D eigenvalue weighted by molar-refractivity contribution is -0.131. The molecule has 2 heterocycles. The highest BCUT2D eigenvalue weighted by atomic mass is 16.5. The maximum Gasteiger partial charge on any atom is 0.231 e. The second kappa shape index (κ2) is 7.04. The van der Waals surface area contributed by atoms with Gasteiger partial charge in [-0.15, -0.1) is 0 Å². The van der Waals surface area contributed by atoms with Gasteiger partial charge in [-0.1, -0.05) is 6.92 Å². The van der Waals surface area contributed by atoms with Crippen molar-refractivity contribution in [1.29, 1.82) is 0 Å². The number of likely N-dealkylation sites (N-methyl/N-ethyl adjacent to an activating group) is 1. The van der Waals surface area contributed by atoms with Crippen LogP contribution in [0, 0.1) is 5.41 Å². The van der Waals surface area contributed by atoms with Crippen LogP contribution in [0.5, 0.6) is 0 Å². The minimum Gasteiger partial charge on any atom is -0.381 e. The fraction of sp³-hybridized carbons (Fsp3) is 0.733. The van der Waals surface area contributed by atoms with E-state index in [1.54, 1.807) is 0 Å². The normalized spacial score (nSPS) is 17.9. The maximum absolute atomic E-state index is 12.6. The molecule has 0 aromatic carbocycles. The van der Waals surface area contributed by atoms with Crippen LogP contribution in [0.4, 0.5) is 5.82 Å². The van der Waals surface area contributed by atoms with Crippen molar-refractivity contribution in [2.45, 2.75) is 32.7 Å². The number of nitrogens with one attached hydrogen (secondary N) is 1. The smallest absolute Gasteiger partial charge is 0.231 e. The van der Waals surface area contributed by atoms with Gasteiger partial charge in [0.15, 0.2) is 5.82 Å². The Bertz CT molecular complexity index is 464. The molecule has 21 heavy (non-hydrogen) atoms. The van der Waals surface area contributed by atoms with Gasteiger partial charge in [0.1, 0.15) is 0 Å². The summed E-state index contributed by atoms with van der Waals surface area (Å²) in [5.74, 6) is 0.712. The highest BCUT2D eigenvalue weighted by Crippen LogP contribution is 2.35. The van der Waals surface area contributed by atoms with Crippen molar-refractivity contribution in [3.8, 4) is 0 Å². The van der Waals surface area contributed by atoms with E-state index in [9.17, 15) is 4.79 Å². The van der Waals surface area contributed by atoms with Gasteiger partial charge in [-0.05, 0) is 33.4 Å². The number of amides is 1. The summed E-state index contributed by atoms with van der Waals surface area (Å²) >= 11 is 0. The van der Waals surface area contributed by atoms with E-state index in [1.807, 2.05) is 31.0 Å². The summed E-state index contributed by atoms with van der Waals surface area (Å²) in [5, 5.41) is 7.38. The Morgan fingerprint density at radius 2 is 2.19 bits per heavy atom. The third kappa shape index (κ3) is 4.04. The predicted molar refractivity (Wildman–Crippen MR) is 82.2 cm³/mol. The Hall–Kier alpha value is -1.40. The van der Waals surface area contributed by atoms with Crippen molar-refractivity contribution in [2.75, 3.05) is 39.2 Å². The van der Waals surface area contributed by atoms with Gasteiger partial charge in [0.05, 0.1) is 12.0 Å². The number of carbonyl (C=O) groups excluding carboxylic acids is 1. The molecule has 0 aliphatic carbocycles. The highest BCUT2D eigenvalue weighted by molar-refractivity contribution is 5.94. The summed E-state index contributed by atoms with van der Waals surface area (Å²) < 4.78 is 7.24. The molecule has 6 nitrogen and oxygen atoms in total. The molecule has 1 fully saturated rings. The summed E-state index contributed by atoms with van der Waals surface area (Å²) in [5.41, 5.74) is -0.300. The molecule has 1 aromatic rings. The van der Waals surface area contributed by atoms with E-state index in [1.165, 1.54) is 0 Å². The number of hydrogen-bond donors (Lipinski definition) is 1. The number of anilines is 1. The van der Waals surface area contributed by atoms with E-state index in [0.717, 1.165) is 32.4 Å². The first-order valence-corrected chi connectivity index (χ1v) is 7.63. The molecule has 1 saturated heterocycles. The molecule has 1 aliphatic heterocycles. The molecule has 2 rings (SSSR count). The van der Waals surface area contributed by atoms with Crippen LogP contribution in [0.15, 0.2) is 12.3 Å². The average Bonchev–Trinajstić information content (AvgIpc) is 2.93. The Labute approximate surface area is 126 Å². The molecule has 118 valence electrons. The van der Waals surface area contributed by atoms with Crippen molar-refractivity contribution in [2.24, 2.45) is 5.41 Å². The largest absolute Gasteiger partial charge is 0.381 e. The topological polar surface area (TPSA) is 59.4 Å². The standard InChI is InChI=1S/C15H26N4O2/c1-4-15(6-11-21-12-7-15)14(20)16-13-5-8-19(17-13)10-9-18(2)3/h5,8H,4,6-7,9-12H2,1-3H3,(H,16,17,20). The van der Waals surface area contributed by atoms with Crippen molar-refractivity contribution < 1.29 is 9.53 Å². The molecule has 0 unspecified atom stereocenters. The first-order valence-electron chi connectivity index (χ1n) is 7.63. The van der Waals surface area contributed by atoms with Crippen LogP contribution >= 0.6 is 0 Å². The van der Waals surface area contributed by atoms with Crippen molar-refractivity contribution in [3.63, 3.8) is 0 Å². The summed E-state index contributed by atoms with van der Waals surface area (Å²) in [6.07, 6.45) is 4.32. The van der Waals surface area contributed by atoms with Gasteiger partial charge in [-0.2, -0.15) is 5.10 Å². The van der Waals surface area contributed by atoms with E-state index in [0.29, 0.717) is 19.0 Å². The van der Waals surface area contributed by atoms with Crippen LogP contribution in [-0.4, -0.2) is 54.4 Å². The number of carbonyl (C=O) groups is 1. The second-order valence-electron chi connectivity index (χ2n) is 5.97. The molecule has 0 spiro atoms. The van der Waals surface area contributed by atoms with Crippen molar-refractivity contribution in [1.82, 2.24) is 14.7 Å². The molecule has 0 bridgehead atoms. The lowest BCUT2D eigenvalue weighted by Crippen LogP contribution is -2.40. The quantitative estimate of drug-likeness (QED) is 0.865. The predicted octanol–water partition coefficient (Wildman–Crippen LogP) is 1.59. The number of rotatable bonds is 6. The molecule has 0 saturated carbocycles. The van der Waals surface area contributed by atoms with Gasteiger partial charge in [0.25, 0.3) is 0 Å². The van der Waals surface area contributed by atoms with Crippen LogP contribution < -0.4 is 5.32 Å². The fourth-order valence-electron chi connectivity index (χ4n) is 2.61. The molecule has 0 radical (unpaired) electrons. The monoisotopic (exact) mass is 294 g/mol. The van der Waals surface area contributed by atoms with Gasteiger partial charge in [0, 0.05) is 32.0 Å². The number of ether oxygens (including phenoxy) is 1. The van der Waals surface area contributed by atoms with Gasteiger partial charge in [0.2, 0.25) is 5.91 Å². The molecule has 1 N–H and O–H groups in total. The first kappa shape index (κ1) is 16.0. The molecule has 0 atom stereocenters. The number of aromatic nitrogens is 2. The third-order valence-electron chi connectivity index (χ3n) is 4.27. The lowest BCUT2D eigenvalue weighted by atomic mass is 9.77. The Kier molecular flexibility index (Phi) is 5.36. The zero-order valence-corrected chi connectivity index (χ0v) is 13.3. The van der Waals surface area contributed by atoms with E-state index >= 15 is 0 Å². The zero-order chi connectivity index (χ0) is 15.3. The van der Waals surface area contributed by atoms with Crippen LogP contribution in [0.25, 0.3) is 0 Å². The Morgan fingerprint density at radius 3 is 2.81 bits per heavy atom. The Morgan fingerprint density at radius 1 is 1.48 bits per heavy atom. The zero-order valence-electron chi connectivity index (χ0n) is 13.3. The van der Waals surface area contributed by atoms with Crippen molar-refractivity contribution in [3.05, 3.63) is 12.3 Å². The number of nitrogens with zero attached hydrogens (tertiary/aromatic N) is 3. The maximum atomic E-state index is 12.6. The van der Waals surface area contributed by atoms with Gasteiger partial charge in [-0.25, -0.2) is 0 Å². The van der Waals surface area contributed by atoms with E-state index in [2.05, 4.69) is 22.2 Å². The molecule has 1 amide bonds. The summed E-state index contributed by atoms with van der Waals surface area (Å²) in [7, 11) is 4.06. The van der Waals surface area contributed by atoms with Gasteiger partial charge in [-0.3, -0.25) is 9.48 Å². The SMILES string of the molecule is CCC1(C(=O)Nc2ccn(CCN(C)C)n2)CCOCC1. The van der Waals surface area contributed by atoms with E-state index in [4.69, 9.17) is 4.74 Å². The molecular weight excluding hydrogens is 268 g/mol. The fourth-order valence-corrected chi connectivity index (χ4v) is 2.61. The summed E-state index contributed by atoms with van der Waals surface area (Å²) in [4.78, 5) is 14.7. The van der Waals surface area contributed by atoms with Gasteiger partial charge >= 0.3 is 0 Å². The molecular formula is C15H26N4O2. The third-order valence-corrected chi connectivity index (χ3v) is 4.27. The summed E-state index contributed by atoms with van der Waals surface area (Å²) in [6.45, 7) is 5.14. The minimum absolute atomic E-state index is 0.0751. The minimum atomic E-state index is -0.300. The summed E-state index contributed by atoms with van der Waals surface area (Å²) in [6, 6.07) is 1.86. The van der Waals surface area contributed by atoms with Crippen LogP contribution in [0.3, 0.4) is 0 Å². The van der Waals surface area contributed by atoms with Crippen LogP contribution in [-0.2, 0) is 16.1 Å².